The maximum Gasteiger partial charge on any atom is 0.338 e. The molecule has 1 fully saturated rings. The number of nitrogens with zero attached hydrogens (tertiary/aromatic N) is 1. The van der Waals surface area contributed by atoms with Gasteiger partial charge in [0.25, 0.3) is 0 Å². The molecule has 3 aromatic rings. The Morgan fingerprint density at radius 1 is 0.892 bits per heavy atom. The van der Waals surface area contributed by atoms with E-state index in [1.165, 1.54) is 56.3 Å². The highest BCUT2D eigenvalue weighted by atomic mass is 32.2. The predicted octanol–water partition coefficient (Wildman–Crippen LogP) is 4.48. The molecule has 1 heterocycles. The standard InChI is InChI=1S/C28H25NO7S/c1-17-4-11-21(12-5-17)37-25-15-26(31)29(27(25)32)20-9-6-18(7-10-20)28(33)36-16-22(30)19-8-13-23(34-2)24(14-19)35-3/h4-14,25H,15-16H2,1-3H3. The Morgan fingerprint density at radius 3 is 2.19 bits per heavy atom. The number of imide groups is 1. The van der Waals surface area contributed by atoms with Crippen molar-refractivity contribution in [1.29, 1.82) is 0 Å². The van der Waals surface area contributed by atoms with Gasteiger partial charge in [-0.15, -0.1) is 11.8 Å². The van der Waals surface area contributed by atoms with Crippen LogP contribution in [0, 0.1) is 6.92 Å². The Bertz CT molecular complexity index is 1340. The lowest BCUT2D eigenvalue weighted by molar-refractivity contribution is -0.121. The SMILES string of the molecule is COc1ccc(C(=O)COC(=O)c2ccc(N3C(=O)CC(Sc4ccc(C)cc4)C3=O)cc2)cc1OC. The third kappa shape index (κ3) is 5.83. The second-order valence-corrected chi connectivity index (χ2v) is 9.58. The monoisotopic (exact) mass is 519 g/mol. The summed E-state index contributed by atoms with van der Waals surface area (Å²) in [6.45, 7) is 1.52. The smallest absolute Gasteiger partial charge is 0.338 e. The summed E-state index contributed by atoms with van der Waals surface area (Å²) in [5.41, 5.74) is 1.99. The molecule has 4 rings (SSSR count). The highest BCUT2D eigenvalue weighted by Crippen LogP contribution is 2.34. The van der Waals surface area contributed by atoms with Gasteiger partial charge in [0.1, 0.15) is 0 Å². The van der Waals surface area contributed by atoms with Crippen molar-refractivity contribution in [3.05, 3.63) is 83.4 Å². The summed E-state index contributed by atoms with van der Waals surface area (Å²) in [7, 11) is 2.95. The van der Waals surface area contributed by atoms with Crippen LogP contribution in [0.2, 0.25) is 0 Å². The van der Waals surface area contributed by atoms with Crippen LogP contribution in [0.4, 0.5) is 5.69 Å². The molecular weight excluding hydrogens is 494 g/mol. The molecule has 9 heteroatoms. The average molecular weight is 520 g/mol. The van der Waals surface area contributed by atoms with Crippen LogP contribution in [0.5, 0.6) is 11.5 Å². The summed E-state index contributed by atoms with van der Waals surface area (Å²) < 4.78 is 15.5. The molecular formula is C28H25NO7S. The van der Waals surface area contributed by atoms with Crippen molar-refractivity contribution in [2.24, 2.45) is 0 Å². The quantitative estimate of drug-likeness (QED) is 0.232. The summed E-state index contributed by atoms with van der Waals surface area (Å²) in [5.74, 6) is -0.840. The third-order valence-electron chi connectivity index (χ3n) is 5.81. The van der Waals surface area contributed by atoms with E-state index in [4.69, 9.17) is 14.2 Å². The Morgan fingerprint density at radius 2 is 1.54 bits per heavy atom. The molecule has 0 bridgehead atoms. The van der Waals surface area contributed by atoms with Gasteiger partial charge in [-0.1, -0.05) is 17.7 Å². The number of ether oxygens (including phenoxy) is 3. The largest absolute Gasteiger partial charge is 0.493 e. The van der Waals surface area contributed by atoms with Gasteiger partial charge in [-0.05, 0) is 61.5 Å². The topological polar surface area (TPSA) is 99.2 Å². The van der Waals surface area contributed by atoms with Crippen molar-refractivity contribution in [3.63, 3.8) is 0 Å². The molecule has 1 unspecified atom stereocenters. The lowest BCUT2D eigenvalue weighted by Crippen LogP contribution is -2.31. The van der Waals surface area contributed by atoms with Crippen LogP contribution in [0.25, 0.3) is 0 Å². The van der Waals surface area contributed by atoms with Crippen molar-refractivity contribution in [2.45, 2.75) is 23.5 Å². The molecule has 190 valence electrons. The van der Waals surface area contributed by atoms with Gasteiger partial charge in [-0.2, -0.15) is 0 Å². The molecule has 1 aliphatic rings. The van der Waals surface area contributed by atoms with Crippen LogP contribution in [0.3, 0.4) is 0 Å². The van der Waals surface area contributed by atoms with E-state index in [2.05, 4.69) is 0 Å². The molecule has 3 aromatic carbocycles. The Balaban J connectivity index is 1.37. The van der Waals surface area contributed by atoms with Crippen molar-refractivity contribution in [3.8, 4) is 11.5 Å². The number of anilines is 1. The second-order valence-electron chi connectivity index (χ2n) is 8.31. The first-order valence-electron chi connectivity index (χ1n) is 11.4. The minimum Gasteiger partial charge on any atom is -0.493 e. The fourth-order valence-electron chi connectivity index (χ4n) is 3.80. The van der Waals surface area contributed by atoms with E-state index < -0.39 is 23.6 Å². The number of rotatable bonds is 9. The molecule has 0 aromatic heterocycles. The minimum absolute atomic E-state index is 0.0967. The van der Waals surface area contributed by atoms with Gasteiger partial charge in [0.15, 0.2) is 23.9 Å². The van der Waals surface area contributed by atoms with Crippen LogP contribution in [-0.2, 0) is 14.3 Å². The average Bonchev–Trinajstić information content (AvgIpc) is 3.20. The van der Waals surface area contributed by atoms with E-state index >= 15 is 0 Å². The molecule has 0 spiro atoms. The second kappa shape index (κ2) is 11.3. The number of aryl methyl sites for hydroxylation is 1. The van der Waals surface area contributed by atoms with Gasteiger partial charge in [0.2, 0.25) is 11.8 Å². The minimum atomic E-state index is -0.702. The number of amides is 2. The molecule has 8 nitrogen and oxygen atoms in total. The molecule has 1 saturated heterocycles. The van der Waals surface area contributed by atoms with E-state index in [9.17, 15) is 19.2 Å². The maximum atomic E-state index is 12.9. The number of thioether (sulfide) groups is 1. The third-order valence-corrected chi connectivity index (χ3v) is 7.00. The summed E-state index contributed by atoms with van der Waals surface area (Å²) in [4.78, 5) is 52.5. The van der Waals surface area contributed by atoms with Crippen molar-refractivity contribution >= 4 is 41.0 Å². The molecule has 1 atom stereocenters. The Kier molecular flexibility index (Phi) is 7.93. The number of carbonyl (C=O) groups excluding carboxylic acids is 4. The molecule has 0 N–H and O–H groups in total. The number of hydrogen-bond donors (Lipinski definition) is 0. The molecule has 0 aliphatic carbocycles. The number of esters is 1. The van der Waals surface area contributed by atoms with Gasteiger partial charge < -0.3 is 14.2 Å². The first-order valence-corrected chi connectivity index (χ1v) is 12.3. The lowest BCUT2D eigenvalue weighted by atomic mass is 10.1. The number of benzene rings is 3. The van der Waals surface area contributed by atoms with Gasteiger partial charge in [-0.3, -0.25) is 14.4 Å². The van der Waals surface area contributed by atoms with Crippen molar-refractivity contribution in [2.75, 3.05) is 25.7 Å². The molecule has 0 radical (unpaired) electrons. The van der Waals surface area contributed by atoms with Gasteiger partial charge >= 0.3 is 5.97 Å². The summed E-state index contributed by atoms with van der Waals surface area (Å²) in [6.07, 6.45) is 0.0967. The van der Waals surface area contributed by atoms with Crippen LogP contribution in [-0.4, -0.2) is 49.6 Å². The van der Waals surface area contributed by atoms with E-state index in [1.807, 2.05) is 31.2 Å². The molecule has 37 heavy (non-hydrogen) atoms. The zero-order valence-corrected chi connectivity index (χ0v) is 21.4. The summed E-state index contributed by atoms with van der Waals surface area (Å²) >= 11 is 1.36. The Hall–Kier alpha value is -4.11. The highest BCUT2D eigenvalue weighted by molar-refractivity contribution is 8.00. The number of methoxy groups -OCH3 is 2. The molecule has 0 saturated carbocycles. The van der Waals surface area contributed by atoms with E-state index in [-0.39, 0.29) is 23.8 Å². The van der Waals surface area contributed by atoms with Crippen LogP contribution < -0.4 is 14.4 Å². The number of carbonyl (C=O) groups is 4. The lowest BCUT2D eigenvalue weighted by Gasteiger charge is -2.15. The Labute approximate surface area is 218 Å². The first kappa shape index (κ1) is 26.0. The molecule has 2 amide bonds. The normalized spacial score (nSPS) is 15.0. The fourth-order valence-corrected chi connectivity index (χ4v) is 4.86. The highest BCUT2D eigenvalue weighted by Gasteiger charge is 2.40. The summed E-state index contributed by atoms with van der Waals surface area (Å²) in [6, 6.07) is 18.4. The van der Waals surface area contributed by atoms with Crippen molar-refractivity contribution in [1.82, 2.24) is 0 Å². The number of hydrogen-bond acceptors (Lipinski definition) is 8. The van der Waals surface area contributed by atoms with Gasteiger partial charge in [0.05, 0.1) is 30.7 Å². The maximum absolute atomic E-state index is 12.9. The number of ketones is 1. The molecule has 1 aliphatic heterocycles. The fraction of sp³-hybridized carbons (Fsp3) is 0.214. The van der Waals surface area contributed by atoms with E-state index in [1.54, 1.807) is 12.1 Å². The summed E-state index contributed by atoms with van der Waals surface area (Å²) in [5, 5.41) is -0.512. The van der Waals surface area contributed by atoms with Crippen LogP contribution >= 0.6 is 11.8 Å². The van der Waals surface area contributed by atoms with Gasteiger partial charge in [-0.25, -0.2) is 9.69 Å². The zero-order valence-electron chi connectivity index (χ0n) is 20.6. The van der Waals surface area contributed by atoms with Crippen molar-refractivity contribution < 1.29 is 33.4 Å². The predicted molar refractivity (Wildman–Crippen MR) is 139 cm³/mol. The zero-order chi connectivity index (χ0) is 26.5. The van der Waals surface area contributed by atoms with E-state index in [0.29, 0.717) is 22.7 Å². The van der Waals surface area contributed by atoms with E-state index in [0.717, 1.165) is 15.4 Å². The first-order chi connectivity index (χ1) is 17.8. The number of Topliss-reactive ketones (excluding diaryl/α,β-unsaturated/α-hetero) is 1. The van der Waals surface area contributed by atoms with Crippen LogP contribution in [0.1, 0.15) is 32.7 Å². The van der Waals surface area contributed by atoms with Gasteiger partial charge in [0, 0.05) is 16.9 Å². The van der Waals surface area contributed by atoms with Crippen LogP contribution in [0.15, 0.2) is 71.6 Å².